The molecule has 2 unspecified atom stereocenters. The van der Waals surface area contributed by atoms with E-state index in [1.807, 2.05) is 11.8 Å². The summed E-state index contributed by atoms with van der Waals surface area (Å²) in [5.74, 6) is 2.42. The van der Waals surface area contributed by atoms with E-state index < -0.39 is 0 Å². The summed E-state index contributed by atoms with van der Waals surface area (Å²) in [5.41, 5.74) is 2.65. The lowest BCUT2D eigenvalue weighted by molar-refractivity contribution is -0.0628. The van der Waals surface area contributed by atoms with Crippen molar-refractivity contribution in [3.63, 3.8) is 0 Å². The number of halogens is 1. The smallest absolute Gasteiger partial charge is 0.0799 e. The minimum absolute atomic E-state index is 0.155. The molecule has 19 heavy (non-hydrogen) atoms. The Morgan fingerprint density at radius 2 is 2.37 bits per heavy atom. The van der Waals surface area contributed by atoms with Crippen molar-refractivity contribution in [1.29, 1.82) is 0 Å². The molecule has 1 spiro atoms. The van der Waals surface area contributed by atoms with Crippen LogP contribution in [0.4, 0.5) is 5.69 Å². The van der Waals surface area contributed by atoms with Crippen LogP contribution in [0.5, 0.6) is 0 Å². The van der Waals surface area contributed by atoms with E-state index >= 15 is 0 Å². The first-order valence-electron chi connectivity index (χ1n) is 6.91. The third-order valence-electron chi connectivity index (χ3n) is 4.10. The third-order valence-corrected chi connectivity index (χ3v) is 6.18. The Hall–Kier alpha value is -0.190. The second kappa shape index (κ2) is 5.66. The maximum absolute atomic E-state index is 6.07. The highest BCUT2D eigenvalue weighted by molar-refractivity contribution is 9.10. The van der Waals surface area contributed by atoms with Crippen LogP contribution in [0.1, 0.15) is 24.8 Å². The maximum atomic E-state index is 6.07. The van der Waals surface area contributed by atoms with Crippen LogP contribution in [-0.2, 0) is 4.74 Å². The summed E-state index contributed by atoms with van der Waals surface area (Å²) in [6.45, 7) is 3.01. The fourth-order valence-electron chi connectivity index (χ4n) is 2.93. The van der Waals surface area contributed by atoms with E-state index in [2.05, 4.69) is 46.4 Å². The molecule has 0 radical (unpaired) electrons. The summed E-state index contributed by atoms with van der Waals surface area (Å²) in [7, 11) is 0. The Labute approximate surface area is 127 Å². The first-order valence-corrected chi connectivity index (χ1v) is 8.86. The number of thioether (sulfide) groups is 1. The molecule has 0 amide bonds. The number of benzene rings is 1. The van der Waals surface area contributed by atoms with E-state index in [1.54, 1.807) is 0 Å². The predicted molar refractivity (Wildman–Crippen MR) is 86.1 cm³/mol. The van der Waals surface area contributed by atoms with Crippen molar-refractivity contribution < 1.29 is 4.74 Å². The van der Waals surface area contributed by atoms with Crippen LogP contribution in [0.2, 0.25) is 0 Å². The first kappa shape index (κ1) is 13.8. The Kier molecular flexibility index (Phi) is 4.11. The van der Waals surface area contributed by atoms with E-state index in [0.29, 0.717) is 6.04 Å². The number of hydrogen-bond acceptors (Lipinski definition) is 3. The molecule has 0 saturated carbocycles. The van der Waals surface area contributed by atoms with Crippen molar-refractivity contribution >= 4 is 33.4 Å². The second-order valence-corrected chi connectivity index (χ2v) is 7.59. The van der Waals surface area contributed by atoms with Gasteiger partial charge in [-0.2, -0.15) is 11.8 Å². The lowest BCUT2D eigenvalue weighted by Crippen LogP contribution is -2.44. The SMILES string of the molecule is Cc1ccc(NC2CCOC3(CCSC3)C2)cc1Br. The zero-order chi connectivity index (χ0) is 13.3. The monoisotopic (exact) mass is 341 g/mol. The lowest BCUT2D eigenvalue weighted by atomic mass is 9.90. The van der Waals surface area contributed by atoms with Crippen molar-refractivity contribution in [2.24, 2.45) is 0 Å². The van der Waals surface area contributed by atoms with Gasteiger partial charge in [-0.1, -0.05) is 22.0 Å². The average Bonchev–Trinajstić information content (AvgIpc) is 2.82. The molecule has 2 heterocycles. The predicted octanol–water partition coefficient (Wildman–Crippen LogP) is 4.22. The molecule has 1 aromatic carbocycles. The summed E-state index contributed by atoms with van der Waals surface area (Å²) < 4.78 is 7.24. The first-order chi connectivity index (χ1) is 9.17. The van der Waals surface area contributed by atoms with Gasteiger partial charge in [-0.05, 0) is 49.6 Å². The van der Waals surface area contributed by atoms with E-state index in [9.17, 15) is 0 Å². The number of anilines is 1. The van der Waals surface area contributed by atoms with Gasteiger partial charge < -0.3 is 10.1 Å². The van der Waals surface area contributed by atoms with Crippen LogP contribution in [-0.4, -0.2) is 29.8 Å². The van der Waals surface area contributed by atoms with Gasteiger partial charge in [-0.15, -0.1) is 0 Å². The van der Waals surface area contributed by atoms with Crippen LogP contribution in [0.3, 0.4) is 0 Å². The van der Waals surface area contributed by atoms with Gasteiger partial charge in [0.15, 0.2) is 0 Å². The van der Waals surface area contributed by atoms with Crippen LogP contribution < -0.4 is 5.32 Å². The van der Waals surface area contributed by atoms with E-state index in [-0.39, 0.29) is 5.60 Å². The number of hydrogen-bond donors (Lipinski definition) is 1. The van der Waals surface area contributed by atoms with Crippen molar-refractivity contribution in [2.45, 2.75) is 37.8 Å². The summed E-state index contributed by atoms with van der Waals surface area (Å²) in [6, 6.07) is 7.06. The minimum Gasteiger partial charge on any atom is -0.382 e. The van der Waals surface area contributed by atoms with Crippen LogP contribution in [0, 0.1) is 6.92 Å². The molecule has 2 saturated heterocycles. The molecule has 0 bridgehead atoms. The van der Waals surface area contributed by atoms with Gasteiger partial charge in [0.2, 0.25) is 0 Å². The molecule has 1 aromatic rings. The van der Waals surface area contributed by atoms with E-state index in [4.69, 9.17) is 4.74 Å². The number of ether oxygens (including phenoxy) is 1. The minimum atomic E-state index is 0.155. The topological polar surface area (TPSA) is 21.3 Å². The highest BCUT2D eigenvalue weighted by Crippen LogP contribution is 2.39. The maximum Gasteiger partial charge on any atom is 0.0799 e. The van der Waals surface area contributed by atoms with Gasteiger partial charge in [0.05, 0.1) is 5.60 Å². The van der Waals surface area contributed by atoms with Gasteiger partial charge in [-0.3, -0.25) is 0 Å². The van der Waals surface area contributed by atoms with Crippen LogP contribution >= 0.6 is 27.7 Å². The summed E-state index contributed by atoms with van der Waals surface area (Å²) in [5, 5.41) is 3.68. The highest BCUT2D eigenvalue weighted by Gasteiger charge is 2.40. The van der Waals surface area contributed by atoms with Crippen molar-refractivity contribution in [3.05, 3.63) is 28.2 Å². The molecule has 2 nitrogen and oxygen atoms in total. The van der Waals surface area contributed by atoms with Gasteiger partial charge in [0.1, 0.15) is 0 Å². The molecule has 2 aliphatic heterocycles. The van der Waals surface area contributed by atoms with Crippen molar-refractivity contribution in [1.82, 2.24) is 0 Å². The van der Waals surface area contributed by atoms with Crippen molar-refractivity contribution in [3.8, 4) is 0 Å². The standard InChI is InChI=1S/C15H20BrNOS/c1-11-2-3-12(8-14(11)16)17-13-4-6-18-15(9-13)5-7-19-10-15/h2-3,8,13,17H,4-7,9-10H2,1H3. The molecule has 0 aromatic heterocycles. The molecular formula is C15H20BrNOS. The molecule has 4 heteroatoms. The Morgan fingerprint density at radius 3 is 3.11 bits per heavy atom. The lowest BCUT2D eigenvalue weighted by Gasteiger charge is -2.38. The number of rotatable bonds is 2. The Balaban J connectivity index is 1.67. The summed E-state index contributed by atoms with van der Waals surface area (Å²) in [4.78, 5) is 0. The molecule has 1 N–H and O–H groups in total. The zero-order valence-corrected chi connectivity index (χ0v) is 13.6. The fraction of sp³-hybridized carbons (Fsp3) is 0.600. The summed E-state index contributed by atoms with van der Waals surface area (Å²) in [6.07, 6.45) is 3.47. The molecule has 2 fully saturated rings. The quantitative estimate of drug-likeness (QED) is 0.869. The van der Waals surface area contributed by atoms with E-state index in [0.717, 1.165) is 19.4 Å². The molecule has 3 rings (SSSR count). The van der Waals surface area contributed by atoms with Gasteiger partial charge in [0, 0.05) is 28.6 Å². The Bertz CT molecular complexity index is 459. The molecular weight excluding hydrogens is 322 g/mol. The zero-order valence-electron chi connectivity index (χ0n) is 11.2. The normalized spacial score (nSPS) is 30.7. The average molecular weight is 342 g/mol. The van der Waals surface area contributed by atoms with E-state index in [1.165, 1.54) is 33.7 Å². The van der Waals surface area contributed by atoms with Crippen molar-refractivity contribution in [2.75, 3.05) is 23.4 Å². The second-order valence-electron chi connectivity index (χ2n) is 5.63. The molecule has 2 aliphatic rings. The van der Waals surface area contributed by atoms with Crippen LogP contribution in [0.25, 0.3) is 0 Å². The summed E-state index contributed by atoms with van der Waals surface area (Å²) >= 11 is 5.63. The molecule has 2 atom stereocenters. The van der Waals surface area contributed by atoms with Gasteiger partial charge in [0.25, 0.3) is 0 Å². The largest absolute Gasteiger partial charge is 0.382 e. The third kappa shape index (κ3) is 3.11. The Morgan fingerprint density at radius 1 is 1.47 bits per heavy atom. The highest BCUT2D eigenvalue weighted by atomic mass is 79.9. The molecule has 0 aliphatic carbocycles. The molecule has 104 valence electrons. The van der Waals surface area contributed by atoms with Gasteiger partial charge >= 0.3 is 0 Å². The fourth-order valence-corrected chi connectivity index (χ4v) is 4.69. The van der Waals surface area contributed by atoms with Gasteiger partial charge in [-0.25, -0.2) is 0 Å². The number of nitrogens with one attached hydrogen (secondary N) is 1. The number of aryl methyl sites for hydroxylation is 1. The van der Waals surface area contributed by atoms with Crippen LogP contribution in [0.15, 0.2) is 22.7 Å².